The summed E-state index contributed by atoms with van der Waals surface area (Å²) < 4.78 is 19.2. The third-order valence-electron chi connectivity index (χ3n) is 3.44. The number of Topliss-reactive ketones (excluding diaryl/α,β-unsaturated/α-hetero) is 1. The van der Waals surface area contributed by atoms with Gasteiger partial charge in [0.05, 0.1) is 5.02 Å². The fraction of sp³-hybridized carbons (Fsp3) is 0.188. The molecule has 1 unspecified atom stereocenters. The molecule has 1 atom stereocenters. The lowest BCUT2D eigenvalue weighted by Crippen LogP contribution is -2.04. The Kier molecular flexibility index (Phi) is 3.22. The average molecular weight is 291 g/mol. The highest BCUT2D eigenvalue weighted by Crippen LogP contribution is 2.39. The van der Waals surface area contributed by atoms with Crippen LogP contribution in [-0.4, -0.2) is 5.78 Å². The standard InChI is InChI=1S/C16H12ClFO2/c1-9(19)10-3-2-4-11(5-10)15-7-12-6-13(17)14(18)8-16(12)20-15/h2-6,8,15H,7H2,1H3. The number of benzene rings is 2. The van der Waals surface area contributed by atoms with Crippen LogP contribution in [0.25, 0.3) is 0 Å². The molecule has 0 fully saturated rings. The summed E-state index contributed by atoms with van der Waals surface area (Å²) in [4.78, 5) is 11.4. The van der Waals surface area contributed by atoms with Crippen LogP contribution in [0.5, 0.6) is 5.75 Å². The maximum absolute atomic E-state index is 13.4. The number of carbonyl (C=O) groups excluding carboxylic acids is 1. The van der Waals surface area contributed by atoms with Gasteiger partial charge in [-0.15, -0.1) is 0 Å². The summed E-state index contributed by atoms with van der Waals surface area (Å²) >= 11 is 5.78. The second-order valence-electron chi connectivity index (χ2n) is 4.87. The van der Waals surface area contributed by atoms with Crippen molar-refractivity contribution in [2.45, 2.75) is 19.4 Å². The number of ether oxygens (including phenoxy) is 1. The number of hydrogen-bond acceptors (Lipinski definition) is 2. The molecule has 1 heterocycles. The van der Waals surface area contributed by atoms with Gasteiger partial charge in [-0.1, -0.05) is 29.8 Å². The molecule has 0 saturated heterocycles. The first-order chi connectivity index (χ1) is 9.54. The van der Waals surface area contributed by atoms with Crippen LogP contribution < -0.4 is 4.74 Å². The van der Waals surface area contributed by atoms with E-state index >= 15 is 0 Å². The maximum atomic E-state index is 13.4. The number of rotatable bonds is 2. The number of carbonyl (C=O) groups is 1. The van der Waals surface area contributed by atoms with Crippen molar-refractivity contribution in [2.24, 2.45) is 0 Å². The number of hydrogen-bond donors (Lipinski definition) is 0. The Morgan fingerprint density at radius 2 is 2.15 bits per heavy atom. The molecule has 2 aromatic carbocycles. The summed E-state index contributed by atoms with van der Waals surface area (Å²) in [6.07, 6.45) is 0.415. The molecule has 0 aliphatic carbocycles. The lowest BCUT2D eigenvalue weighted by molar-refractivity contribution is 0.101. The maximum Gasteiger partial charge on any atom is 0.159 e. The van der Waals surface area contributed by atoms with Crippen LogP contribution in [0.4, 0.5) is 4.39 Å². The van der Waals surface area contributed by atoms with Gasteiger partial charge in [0.1, 0.15) is 17.7 Å². The third-order valence-corrected chi connectivity index (χ3v) is 3.73. The van der Waals surface area contributed by atoms with E-state index in [1.807, 2.05) is 18.2 Å². The quantitative estimate of drug-likeness (QED) is 0.768. The van der Waals surface area contributed by atoms with E-state index in [0.717, 1.165) is 11.1 Å². The van der Waals surface area contributed by atoms with Crippen molar-refractivity contribution in [2.75, 3.05) is 0 Å². The second-order valence-corrected chi connectivity index (χ2v) is 5.27. The van der Waals surface area contributed by atoms with Gasteiger partial charge in [0, 0.05) is 18.1 Å². The Hall–Kier alpha value is -1.87. The van der Waals surface area contributed by atoms with Gasteiger partial charge in [0.2, 0.25) is 0 Å². The van der Waals surface area contributed by atoms with Crippen molar-refractivity contribution >= 4 is 17.4 Å². The summed E-state index contributed by atoms with van der Waals surface area (Å²) in [7, 11) is 0. The summed E-state index contributed by atoms with van der Waals surface area (Å²) in [5.74, 6) is 0.0464. The minimum absolute atomic E-state index is 0.0106. The van der Waals surface area contributed by atoms with E-state index < -0.39 is 5.82 Å². The number of ketones is 1. The number of fused-ring (bicyclic) bond motifs is 1. The van der Waals surface area contributed by atoms with Gasteiger partial charge in [0.25, 0.3) is 0 Å². The molecular formula is C16H12ClFO2. The first kappa shape index (κ1) is 13.1. The molecule has 3 rings (SSSR count). The van der Waals surface area contributed by atoms with E-state index in [1.54, 1.807) is 12.1 Å². The Morgan fingerprint density at radius 1 is 1.35 bits per heavy atom. The molecule has 1 aliphatic rings. The SMILES string of the molecule is CC(=O)c1cccc(C2Cc3cc(Cl)c(F)cc3O2)c1. The largest absolute Gasteiger partial charge is 0.485 e. The lowest BCUT2D eigenvalue weighted by Gasteiger charge is -2.11. The molecule has 2 nitrogen and oxygen atoms in total. The monoisotopic (exact) mass is 290 g/mol. The van der Waals surface area contributed by atoms with Gasteiger partial charge in [-0.2, -0.15) is 0 Å². The molecule has 4 heteroatoms. The zero-order chi connectivity index (χ0) is 14.3. The summed E-state index contributed by atoms with van der Waals surface area (Å²) in [5, 5.41) is 0.102. The fourth-order valence-electron chi connectivity index (χ4n) is 2.38. The highest BCUT2D eigenvalue weighted by molar-refractivity contribution is 6.30. The predicted molar refractivity (Wildman–Crippen MR) is 74.9 cm³/mol. The van der Waals surface area contributed by atoms with Crippen molar-refractivity contribution in [3.05, 3.63) is 63.9 Å². The average Bonchev–Trinajstić information content (AvgIpc) is 2.82. The minimum Gasteiger partial charge on any atom is -0.485 e. The van der Waals surface area contributed by atoms with E-state index in [9.17, 15) is 9.18 Å². The summed E-state index contributed by atoms with van der Waals surface area (Å²) in [6.45, 7) is 1.53. The van der Waals surface area contributed by atoms with Crippen molar-refractivity contribution < 1.29 is 13.9 Å². The molecule has 2 aromatic rings. The van der Waals surface area contributed by atoms with Crippen LogP contribution in [0.3, 0.4) is 0 Å². The molecule has 102 valence electrons. The first-order valence-corrected chi connectivity index (χ1v) is 6.68. The Bertz CT molecular complexity index is 666. The second kappa shape index (κ2) is 4.91. The minimum atomic E-state index is -0.483. The third kappa shape index (κ3) is 2.29. The molecular weight excluding hydrogens is 279 g/mol. The lowest BCUT2D eigenvalue weighted by atomic mass is 10.0. The van der Waals surface area contributed by atoms with Crippen LogP contribution in [0.15, 0.2) is 36.4 Å². The zero-order valence-corrected chi connectivity index (χ0v) is 11.6. The molecule has 20 heavy (non-hydrogen) atoms. The van der Waals surface area contributed by atoms with Crippen LogP contribution in [0.2, 0.25) is 5.02 Å². The summed E-state index contributed by atoms with van der Waals surface area (Å²) in [5.41, 5.74) is 2.44. The molecule has 0 saturated carbocycles. The molecule has 0 aromatic heterocycles. The van der Waals surface area contributed by atoms with Crippen molar-refractivity contribution in [3.63, 3.8) is 0 Å². The molecule has 0 amide bonds. The van der Waals surface area contributed by atoms with Gasteiger partial charge in [-0.05, 0) is 30.2 Å². The van der Waals surface area contributed by atoms with Crippen LogP contribution in [0, 0.1) is 5.82 Å². The highest BCUT2D eigenvalue weighted by Gasteiger charge is 2.26. The van der Waals surface area contributed by atoms with Gasteiger partial charge < -0.3 is 4.74 Å². The molecule has 0 N–H and O–H groups in total. The predicted octanol–water partition coefficient (Wildman–Crippen LogP) is 4.36. The Labute approximate surface area is 121 Å². The van der Waals surface area contributed by atoms with Gasteiger partial charge in [0.15, 0.2) is 5.78 Å². The Morgan fingerprint density at radius 3 is 2.90 bits per heavy atom. The van der Waals surface area contributed by atoms with E-state index in [0.29, 0.717) is 17.7 Å². The Balaban J connectivity index is 1.92. The highest BCUT2D eigenvalue weighted by atomic mass is 35.5. The number of halogens is 2. The van der Waals surface area contributed by atoms with E-state index in [1.165, 1.54) is 13.0 Å². The van der Waals surface area contributed by atoms with Crippen molar-refractivity contribution in [3.8, 4) is 5.75 Å². The molecule has 0 bridgehead atoms. The zero-order valence-electron chi connectivity index (χ0n) is 10.8. The smallest absolute Gasteiger partial charge is 0.159 e. The van der Waals surface area contributed by atoms with E-state index in [-0.39, 0.29) is 16.9 Å². The summed E-state index contributed by atoms with van der Waals surface area (Å²) in [6, 6.07) is 10.2. The van der Waals surface area contributed by atoms with Gasteiger partial charge >= 0.3 is 0 Å². The topological polar surface area (TPSA) is 26.3 Å². The van der Waals surface area contributed by atoms with Gasteiger partial charge in [-0.25, -0.2) is 4.39 Å². The van der Waals surface area contributed by atoms with Crippen LogP contribution in [-0.2, 0) is 6.42 Å². The molecule has 0 spiro atoms. The molecule has 0 radical (unpaired) electrons. The van der Waals surface area contributed by atoms with E-state index in [2.05, 4.69) is 0 Å². The van der Waals surface area contributed by atoms with Crippen molar-refractivity contribution in [1.82, 2.24) is 0 Å². The van der Waals surface area contributed by atoms with E-state index in [4.69, 9.17) is 16.3 Å². The normalized spacial score (nSPS) is 16.6. The fourth-order valence-corrected chi connectivity index (χ4v) is 2.56. The van der Waals surface area contributed by atoms with Crippen molar-refractivity contribution in [1.29, 1.82) is 0 Å². The van der Waals surface area contributed by atoms with Crippen LogP contribution in [0.1, 0.15) is 34.5 Å². The van der Waals surface area contributed by atoms with Gasteiger partial charge in [-0.3, -0.25) is 4.79 Å². The first-order valence-electron chi connectivity index (χ1n) is 6.30. The molecule has 1 aliphatic heterocycles. The van der Waals surface area contributed by atoms with Crippen LogP contribution >= 0.6 is 11.6 Å².